The molecule has 2 heterocycles. The lowest BCUT2D eigenvalue weighted by Crippen LogP contribution is -2.48. The van der Waals surface area contributed by atoms with E-state index < -0.39 is 4.92 Å². The molecule has 9 nitrogen and oxygen atoms in total. The van der Waals surface area contributed by atoms with Crippen molar-refractivity contribution >= 4 is 23.2 Å². The van der Waals surface area contributed by atoms with Crippen LogP contribution in [0.3, 0.4) is 0 Å². The zero-order valence-electron chi connectivity index (χ0n) is 12.1. The predicted octanol–water partition coefficient (Wildman–Crippen LogP) is 0.485. The zero-order chi connectivity index (χ0) is 15.4. The lowest BCUT2D eigenvalue weighted by atomic mass is 10.3. The third-order valence-corrected chi connectivity index (χ3v) is 3.35. The van der Waals surface area contributed by atoms with E-state index in [0.717, 1.165) is 0 Å². The average Bonchev–Trinajstić information content (AvgIpc) is 2.47. The Morgan fingerprint density at radius 1 is 1.38 bits per heavy atom. The first-order valence-corrected chi connectivity index (χ1v) is 6.78. The summed E-state index contributed by atoms with van der Waals surface area (Å²) in [7, 11) is 0. The molecule has 0 radical (unpaired) electrons. The van der Waals surface area contributed by atoms with Crippen molar-refractivity contribution in [2.24, 2.45) is 0 Å². The number of piperazine rings is 1. The number of aromatic nitrogens is 2. The Kier molecular flexibility index (Phi) is 4.51. The molecule has 1 aromatic heterocycles. The molecule has 1 fully saturated rings. The van der Waals surface area contributed by atoms with Gasteiger partial charge < -0.3 is 15.1 Å². The highest BCUT2D eigenvalue weighted by atomic mass is 16.6. The Labute approximate surface area is 122 Å². The summed E-state index contributed by atoms with van der Waals surface area (Å²) in [6, 6.07) is 0. The quantitative estimate of drug-likeness (QED) is 0.636. The van der Waals surface area contributed by atoms with Crippen LogP contribution >= 0.6 is 0 Å². The summed E-state index contributed by atoms with van der Waals surface area (Å²) < 4.78 is 0. The van der Waals surface area contributed by atoms with Crippen LogP contribution in [0.5, 0.6) is 0 Å². The van der Waals surface area contributed by atoms with E-state index in [0.29, 0.717) is 38.5 Å². The van der Waals surface area contributed by atoms with Gasteiger partial charge in [0, 0.05) is 39.6 Å². The van der Waals surface area contributed by atoms with Gasteiger partial charge in [-0.1, -0.05) is 0 Å². The molecule has 0 atom stereocenters. The summed E-state index contributed by atoms with van der Waals surface area (Å²) in [5, 5.41) is 14.2. The van der Waals surface area contributed by atoms with Crippen LogP contribution in [-0.4, -0.2) is 58.4 Å². The van der Waals surface area contributed by atoms with Crippen LogP contribution in [-0.2, 0) is 4.79 Å². The number of rotatable bonds is 4. The van der Waals surface area contributed by atoms with Crippen molar-refractivity contribution in [2.45, 2.75) is 13.8 Å². The number of nitrogens with one attached hydrogen (secondary N) is 1. The van der Waals surface area contributed by atoms with E-state index in [4.69, 9.17) is 0 Å². The maximum absolute atomic E-state index is 11.3. The topological polar surface area (TPSA) is 104 Å². The van der Waals surface area contributed by atoms with Crippen molar-refractivity contribution in [3.05, 3.63) is 16.4 Å². The third-order valence-electron chi connectivity index (χ3n) is 3.35. The molecule has 1 amide bonds. The molecule has 0 unspecified atom stereocenters. The third kappa shape index (κ3) is 3.18. The van der Waals surface area contributed by atoms with Gasteiger partial charge in [0.05, 0.1) is 4.92 Å². The molecule has 9 heteroatoms. The summed E-state index contributed by atoms with van der Waals surface area (Å²) in [6.07, 6.45) is 1.32. The summed E-state index contributed by atoms with van der Waals surface area (Å²) in [6.45, 7) is 6.00. The molecule has 0 saturated carbocycles. The summed E-state index contributed by atoms with van der Waals surface area (Å²) in [5.74, 6) is 0.538. The van der Waals surface area contributed by atoms with Crippen molar-refractivity contribution in [3.8, 4) is 0 Å². The van der Waals surface area contributed by atoms with Crippen LogP contribution in [0.1, 0.15) is 13.8 Å². The molecule has 1 aromatic rings. The van der Waals surface area contributed by atoms with Crippen molar-refractivity contribution in [1.29, 1.82) is 0 Å². The van der Waals surface area contributed by atoms with E-state index in [2.05, 4.69) is 15.3 Å². The fourth-order valence-corrected chi connectivity index (χ4v) is 2.30. The Bertz CT molecular complexity index is 542. The molecule has 1 aliphatic heterocycles. The summed E-state index contributed by atoms with van der Waals surface area (Å²) >= 11 is 0. The van der Waals surface area contributed by atoms with Gasteiger partial charge in [-0.15, -0.1) is 0 Å². The lowest BCUT2D eigenvalue weighted by molar-refractivity contribution is -0.383. The first-order chi connectivity index (χ1) is 10.0. The van der Waals surface area contributed by atoms with E-state index in [1.807, 2.05) is 11.8 Å². The fraction of sp³-hybridized carbons (Fsp3) is 0.583. The minimum absolute atomic E-state index is 0.0141. The number of hydrogen-bond donors (Lipinski definition) is 1. The van der Waals surface area contributed by atoms with Gasteiger partial charge in [0.15, 0.2) is 0 Å². The van der Waals surface area contributed by atoms with E-state index in [1.54, 1.807) is 4.90 Å². The minimum Gasteiger partial charge on any atom is -0.364 e. The number of anilines is 2. The van der Waals surface area contributed by atoms with E-state index in [1.165, 1.54) is 13.3 Å². The second-order valence-corrected chi connectivity index (χ2v) is 4.68. The number of nitro groups is 1. The smallest absolute Gasteiger partial charge is 0.353 e. The Morgan fingerprint density at radius 2 is 2.05 bits per heavy atom. The molecule has 0 aliphatic carbocycles. The number of nitrogens with zero attached hydrogens (tertiary/aromatic N) is 5. The molecular weight excluding hydrogens is 276 g/mol. The number of carbonyl (C=O) groups is 1. The normalized spacial score (nSPS) is 15.0. The van der Waals surface area contributed by atoms with Crippen LogP contribution in [0.15, 0.2) is 6.33 Å². The Hall–Kier alpha value is -2.45. The maximum atomic E-state index is 11.3. The van der Waals surface area contributed by atoms with Crippen LogP contribution in [0.4, 0.5) is 17.3 Å². The van der Waals surface area contributed by atoms with Crippen LogP contribution < -0.4 is 10.2 Å². The number of carbonyl (C=O) groups excluding carboxylic acids is 1. The van der Waals surface area contributed by atoms with Gasteiger partial charge in [-0.25, -0.2) is 9.97 Å². The number of amides is 1. The minimum atomic E-state index is -0.468. The molecule has 1 aliphatic rings. The molecular formula is C12H18N6O3. The highest BCUT2D eigenvalue weighted by Crippen LogP contribution is 2.32. The Morgan fingerprint density at radius 3 is 2.57 bits per heavy atom. The largest absolute Gasteiger partial charge is 0.364 e. The van der Waals surface area contributed by atoms with Crippen LogP contribution in [0.25, 0.3) is 0 Å². The molecule has 0 aromatic carbocycles. The average molecular weight is 294 g/mol. The van der Waals surface area contributed by atoms with Crippen molar-refractivity contribution in [1.82, 2.24) is 14.9 Å². The molecule has 1 N–H and O–H groups in total. The molecule has 0 spiro atoms. The van der Waals surface area contributed by atoms with Gasteiger partial charge in [0.25, 0.3) is 0 Å². The second-order valence-electron chi connectivity index (χ2n) is 4.68. The molecule has 21 heavy (non-hydrogen) atoms. The van der Waals surface area contributed by atoms with Crippen LogP contribution in [0, 0.1) is 10.1 Å². The van der Waals surface area contributed by atoms with Crippen molar-refractivity contribution in [3.63, 3.8) is 0 Å². The van der Waals surface area contributed by atoms with Crippen molar-refractivity contribution < 1.29 is 9.72 Å². The van der Waals surface area contributed by atoms with Crippen molar-refractivity contribution in [2.75, 3.05) is 42.9 Å². The summed E-state index contributed by atoms with van der Waals surface area (Å²) in [4.78, 5) is 33.7. The Balaban J connectivity index is 2.26. The molecule has 2 rings (SSSR count). The first-order valence-electron chi connectivity index (χ1n) is 6.78. The highest BCUT2D eigenvalue weighted by molar-refractivity contribution is 5.74. The zero-order valence-corrected chi connectivity index (χ0v) is 12.1. The molecule has 0 bridgehead atoms. The fourth-order valence-electron chi connectivity index (χ4n) is 2.30. The second kappa shape index (κ2) is 6.33. The van der Waals surface area contributed by atoms with Gasteiger partial charge >= 0.3 is 5.69 Å². The molecule has 1 saturated heterocycles. The highest BCUT2D eigenvalue weighted by Gasteiger charge is 2.29. The van der Waals surface area contributed by atoms with Gasteiger partial charge in [-0.3, -0.25) is 14.9 Å². The standard InChI is InChI=1S/C12H18N6O3/c1-3-13-11-10(18(20)21)12(15-8-14-11)17-6-4-16(5-7-17)9(2)19/h8H,3-7H2,1-2H3,(H,13,14,15). The maximum Gasteiger partial charge on any atom is 0.353 e. The van der Waals surface area contributed by atoms with Gasteiger partial charge in [0.2, 0.25) is 17.5 Å². The van der Waals surface area contributed by atoms with Crippen LogP contribution in [0.2, 0.25) is 0 Å². The van der Waals surface area contributed by atoms with E-state index >= 15 is 0 Å². The predicted molar refractivity (Wildman–Crippen MR) is 77.3 cm³/mol. The van der Waals surface area contributed by atoms with E-state index in [9.17, 15) is 14.9 Å². The monoisotopic (exact) mass is 294 g/mol. The van der Waals surface area contributed by atoms with Gasteiger partial charge in [0.1, 0.15) is 6.33 Å². The van der Waals surface area contributed by atoms with E-state index in [-0.39, 0.29) is 17.4 Å². The SMILES string of the molecule is CCNc1ncnc(N2CCN(C(C)=O)CC2)c1[N+](=O)[O-]. The molecule has 114 valence electrons. The van der Waals surface area contributed by atoms with Gasteiger partial charge in [-0.05, 0) is 6.92 Å². The number of hydrogen-bond acceptors (Lipinski definition) is 7. The summed E-state index contributed by atoms with van der Waals surface area (Å²) in [5.41, 5.74) is -0.115. The lowest BCUT2D eigenvalue weighted by Gasteiger charge is -2.34. The van der Waals surface area contributed by atoms with Gasteiger partial charge in [-0.2, -0.15) is 0 Å². The first kappa shape index (κ1) is 14.9.